The molecule has 7 heteroatoms. The molecule has 1 aliphatic rings. The Balaban J connectivity index is 1.52. The summed E-state index contributed by atoms with van der Waals surface area (Å²) < 4.78 is 11.1. The minimum Gasteiger partial charge on any atom is -0.497 e. The van der Waals surface area contributed by atoms with Gasteiger partial charge in [0.25, 0.3) is 5.89 Å². The average molecular weight is 495 g/mol. The van der Waals surface area contributed by atoms with Crippen molar-refractivity contribution in [3.05, 3.63) is 107 Å². The summed E-state index contributed by atoms with van der Waals surface area (Å²) in [5.74, 6) is 1.64. The molecule has 2 amide bonds. The Morgan fingerprint density at radius 1 is 0.973 bits per heavy atom. The molecule has 0 radical (unpaired) electrons. The van der Waals surface area contributed by atoms with Crippen molar-refractivity contribution in [1.82, 2.24) is 20.4 Å². The zero-order chi connectivity index (χ0) is 25.8. The van der Waals surface area contributed by atoms with Crippen LogP contribution in [0.25, 0.3) is 17.0 Å². The lowest BCUT2D eigenvalue weighted by Crippen LogP contribution is -2.46. The molecule has 1 unspecified atom stereocenters. The molecule has 1 aliphatic heterocycles. The minimum atomic E-state index is -0.442. The third-order valence-corrected chi connectivity index (χ3v) is 6.79. The summed E-state index contributed by atoms with van der Waals surface area (Å²) in [6.07, 6.45) is 1.69. The number of nitrogens with one attached hydrogen (secondary N) is 1. The van der Waals surface area contributed by atoms with Gasteiger partial charge in [0.05, 0.1) is 18.7 Å². The molecule has 5 rings (SSSR count). The summed E-state index contributed by atoms with van der Waals surface area (Å²) >= 11 is 0. The summed E-state index contributed by atoms with van der Waals surface area (Å²) in [4.78, 5) is 19.8. The molecule has 0 fully saturated rings. The highest BCUT2D eigenvalue weighted by molar-refractivity contribution is 5.87. The number of allylic oxidation sites excluding steroid dienone is 1. The van der Waals surface area contributed by atoms with Crippen LogP contribution in [0.5, 0.6) is 5.75 Å². The lowest BCUT2D eigenvalue weighted by molar-refractivity contribution is 0.205. The molecule has 0 bridgehead atoms. The average Bonchev–Trinajstić information content (AvgIpc) is 3.43. The van der Waals surface area contributed by atoms with Gasteiger partial charge in [-0.3, -0.25) is 4.90 Å². The van der Waals surface area contributed by atoms with Crippen LogP contribution in [-0.4, -0.2) is 34.7 Å². The third kappa shape index (κ3) is 5.11. The quantitative estimate of drug-likeness (QED) is 0.323. The van der Waals surface area contributed by atoms with Gasteiger partial charge in [0.15, 0.2) is 0 Å². The molecule has 0 saturated heterocycles. The first-order chi connectivity index (χ1) is 18.1. The van der Waals surface area contributed by atoms with E-state index >= 15 is 0 Å². The zero-order valence-electron chi connectivity index (χ0n) is 21.3. The third-order valence-electron chi connectivity index (χ3n) is 6.79. The van der Waals surface area contributed by atoms with Gasteiger partial charge in [0.2, 0.25) is 5.82 Å². The number of aryl methyl sites for hydroxylation is 1. The van der Waals surface area contributed by atoms with E-state index in [2.05, 4.69) is 41.7 Å². The number of hydrogen-bond acceptors (Lipinski definition) is 5. The van der Waals surface area contributed by atoms with Crippen LogP contribution in [0.2, 0.25) is 0 Å². The van der Waals surface area contributed by atoms with E-state index < -0.39 is 6.04 Å². The molecule has 1 atom stereocenters. The molecule has 0 saturated carbocycles. The monoisotopic (exact) mass is 494 g/mol. The summed E-state index contributed by atoms with van der Waals surface area (Å²) in [5.41, 5.74) is 5.76. The second-order valence-corrected chi connectivity index (χ2v) is 9.02. The Morgan fingerprint density at radius 2 is 1.70 bits per heavy atom. The van der Waals surface area contributed by atoms with Crippen LogP contribution in [0.1, 0.15) is 42.5 Å². The topological polar surface area (TPSA) is 80.5 Å². The Morgan fingerprint density at radius 3 is 2.38 bits per heavy atom. The first kappa shape index (κ1) is 24.3. The van der Waals surface area contributed by atoms with Crippen molar-refractivity contribution < 1.29 is 14.1 Å². The van der Waals surface area contributed by atoms with E-state index in [0.29, 0.717) is 18.3 Å². The number of nitrogens with zero attached hydrogens (tertiary/aromatic N) is 3. The number of methoxy groups -OCH3 is 1. The molecule has 2 heterocycles. The van der Waals surface area contributed by atoms with Crippen LogP contribution in [-0.2, 0) is 12.8 Å². The highest BCUT2D eigenvalue weighted by Gasteiger charge is 2.35. The van der Waals surface area contributed by atoms with E-state index in [0.717, 1.165) is 46.6 Å². The normalized spacial score (nSPS) is 15.6. The van der Waals surface area contributed by atoms with Gasteiger partial charge in [-0.2, -0.15) is 4.98 Å². The van der Waals surface area contributed by atoms with Crippen molar-refractivity contribution in [2.45, 2.75) is 32.7 Å². The van der Waals surface area contributed by atoms with Gasteiger partial charge in [-0.15, -0.1) is 0 Å². The highest BCUT2D eigenvalue weighted by atomic mass is 16.5. The second kappa shape index (κ2) is 10.7. The van der Waals surface area contributed by atoms with Crippen LogP contribution in [0, 0.1) is 0 Å². The van der Waals surface area contributed by atoms with Crippen LogP contribution < -0.4 is 10.1 Å². The summed E-state index contributed by atoms with van der Waals surface area (Å²) in [7, 11) is 1.63. The fourth-order valence-electron chi connectivity index (χ4n) is 4.60. The molecule has 7 nitrogen and oxygen atoms in total. The van der Waals surface area contributed by atoms with E-state index in [1.807, 2.05) is 61.5 Å². The zero-order valence-corrected chi connectivity index (χ0v) is 21.3. The van der Waals surface area contributed by atoms with E-state index in [4.69, 9.17) is 14.2 Å². The van der Waals surface area contributed by atoms with Crippen molar-refractivity contribution in [1.29, 1.82) is 0 Å². The van der Waals surface area contributed by atoms with Gasteiger partial charge in [-0.05, 0) is 48.6 Å². The first-order valence-electron chi connectivity index (χ1n) is 12.5. The van der Waals surface area contributed by atoms with Crippen molar-refractivity contribution >= 4 is 11.6 Å². The van der Waals surface area contributed by atoms with Gasteiger partial charge in [-0.25, -0.2) is 4.79 Å². The number of urea groups is 1. The van der Waals surface area contributed by atoms with Crippen molar-refractivity contribution in [2.24, 2.45) is 0 Å². The van der Waals surface area contributed by atoms with Crippen LogP contribution in [0.4, 0.5) is 4.79 Å². The van der Waals surface area contributed by atoms with Gasteiger partial charge in [0, 0.05) is 17.8 Å². The standard InChI is InChI=1S/C30H30N4O3/c1-4-21-10-12-24(13-11-21)28-32-29(37-33-28)26-20(2)34(19-18-22-8-6-5-7-9-22)30(35)31-27(26)23-14-16-25(36-3)17-15-23/h5-17,27H,4,18-19H2,1-3H3,(H,31,35). The molecule has 0 aliphatic carbocycles. The van der Waals surface area contributed by atoms with Crippen LogP contribution >= 0.6 is 0 Å². The summed E-state index contributed by atoms with van der Waals surface area (Å²) in [6, 6.07) is 25.3. The van der Waals surface area contributed by atoms with Crippen molar-refractivity contribution in [2.75, 3.05) is 13.7 Å². The molecule has 1 N–H and O–H groups in total. The van der Waals surface area contributed by atoms with E-state index in [1.165, 1.54) is 5.56 Å². The molecular weight excluding hydrogens is 464 g/mol. The maximum Gasteiger partial charge on any atom is 0.322 e. The fourth-order valence-corrected chi connectivity index (χ4v) is 4.60. The predicted octanol–water partition coefficient (Wildman–Crippen LogP) is 6.05. The Hall–Kier alpha value is -4.39. The lowest BCUT2D eigenvalue weighted by atomic mass is 9.94. The lowest BCUT2D eigenvalue weighted by Gasteiger charge is -2.35. The van der Waals surface area contributed by atoms with Crippen LogP contribution in [0.15, 0.2) is 89.1 Å². The van der Waals surface area contributed by atoms with Gasteiger partial charge in [-0.1, -0.05) is 78.8 Å². The molecule has 188 valence electrons. The first-order valence-corrected chi connectivity index (χ1v) is 12.5. The molecule has 3 aromatic carbocycles. The molecule has 4 aromatic rings. The highest BCUT2D eigenvalue weighted by Crippen LogP contribution is 2.37. The van der Waals surface area contributed by atoms with Gasteiger partial charge >= 0.3 is 6.03 Å². The minimum absolute atomic E-state index is 0.159. The Bertz CT molecular complexity index is 1390. The smallest absolute Gasteiger partial charge is 0.322 e. The Kier molecular flexibility index (Phi) is 7.03. The molecular formula is C30H30N4O3. The number of ether oxygens (including phenoxy) is 1. The SMILES string of the molecule is CCc1ccc(-c2noc(C3=C(C)N(CCc4ccccc4)C(=O)NC3c3ccc(OC)cc3)n2)cc1. The van der Waals surface area contributed by atoms with E-state index in [9.17, 15) is 4.79 Å². The number of hydrogen-bond donors (Lipinski definition) is 1. The summed E-state index contributed by atoms with van der Waals surface area (Å²) in [5, 5.41) is 7.43. The van der Waals surface area contributed by atoms with E-state index in [1.54, 1.807) is 12.0 Å². The second-order valence-electron chi connectivity index (χ2n) is 9.02. The number of benzene rings is 3. The number of carbonyl (C=O) groups excluding carboxylic acids is 1. The number of carbonyl (C=O) groups is 1. The Labute approximate surface area is 216 Å². The molecule has 37 heavy (non-hydrogen) atoms. The molecule has 1 aromatic heterocycles. The molecule has 0 spiro atoms. The van der Waals surface area contributed by atoms with Crippen molar-refractivity contribution in [3.63, 3.8) is 0 Å². The predicted molar refractivity (Wildman–Crippen MR) is 143 cm³/mol. The van der Waals surface area contributed by atoms with Gasteiger partial charge < -0.3 is 14.6 Å². The van der Waals surface area contributed by atoms with Crippen LogP contribution in [0.3, 0.4) is 0 Å². The number of aromatic nitrogens is 2. The maximum atomic E-state index is 13.3. The summed E-state index contributed by atoms with van der Waals surface area (Å²) in [6.45, 7) is 4.59. The fraction of sp³-hybridized carbons (Fsp3) is 0.233. The van der Waals surface area contributed by atoms with Gasteiger partial charge in [0.1, 0.15) is 5.75 Å². The largest absolute Gasteiger partial charge is 0.497 e. The van der Waals surface area contributed by atoms with E-state index in [-0.39, 0.29) is 6.03 Å². The maximum absolute atomic E-state index is 13.3. The van der Waals surface area contributed by atoms with Crippen molar-refractivity contribution in [3.8, 4) is 17.1 Å². The number of amides is 2. The number of rotatable bonds is 8.